The highest BCUT2D eigenvalue weighted by Gasteiger charge is 2.17. The Balaban J connectivity index is 2.17. The third-order valence-electron chi connectivity index (χ3n) is 2.64. The van der Waals surface area contributed by atoms with E-state index in [0.29, 0.717) is 5.69 Å². The highest BCUT2D eigenvalue weighted by molar-refractivity contribution is 6.62. The molecule has 2 aromatic rings. The van der Waals surface area contributed by atoms with Crippen LogP contribution in [0.25, 0.3) is 0 Å². The second-order valence-electron chi connectivity index (χ2n) is 4.07. The molecular formula is C13H10BClFNO3. The van der Waals surface area contributed by atoms with Gasteiger partial charge in [-0.15, -0.1) is 0 Å². The van der Waals surface area contributed by atoms with Crippen molar-refractivity contribution >= 4 is 35.8 Å². The number of halogens is 2. The van der Waals surface area contributed by atoms with Crippen molar-refractivity contribution < 1.29 is 19.2 Å². The molecule has 0 unspecified atom stereocenters. The molecule has 0 atom stereocenters. The van der Waals surface area contributed by atoms with E-state index in [1.807, 2.05) is 0 Å². The standard InChI is InChI=1S/C13H10BClFNO3/c15-12-7-8(1-6-11(12)14(19)20)13(18)17-10-4-2-9(16)3-5-10/h1-7,19-20H,(H,17,18). The smallest absolute Gasteiger partial charge is 0.423 e. The number of benzene rings is 2. The Bertz CT molecular complexity index is 634. The van der Waals surface area contributed by atoms with Gasteiger partial charge in [-0.3, -0.25) is 4.79 Å². The van der Waals surface area contributed by atoms with Crippen molar-refractivity contribution in [3.8, 4) is 0 Å². The highest BCUT2D eigenvalue weighted by Crippen LogP contribution is 2.13. The van der Waals surface area contributed by atoms with E-state index in [1.165, 1.54) is 42.5 Å². The zero-order valence-corrected chi connectivity index (χ0v) is 10.9. The van der Waals surface area contributed by atoms with Crippen LogP contribution in [0.5, 0.6) is 0 Å². The third-order valence-corrected chi connectivity index (χ3v) is 2.97. The molecule has 0 aliphatic rings. The number of hydrogen-bond donors (Lipinski definition) is 3. The van der Waals surface area contributed by atoms with E-state index in [0.717, 1.165) is 0 Å². The summed E-state index contributed by atoms with van der Waals surface area (Å²) in [5.41, 5.74) is 0.813. The molecule has 7 heteroatoms. The van der Waals surface area contributed by atoms with Crippen molar-refractivity contribution in [2.45, 2.75) is 0 Å². The first-order valence-corrected chi connectivity index (χ1v) is 6.07. The molecule has 102 valence electrons. The fourth-order valence-electron chi connectivity index (χ4n) is 1.61. The Kier molecular flexibility index (Phi) is 4.39. The van der Waals surface area contributed by atoms with E-state index in [-0.39, 0.29) is 16.0 Å². The Morgan fingerprint density at radius 3 is 2.35 bits per heavy atom. The van der Waals surface area contributed by atoms with Crippen molar-refractivity contribution in [3.63, 3.8) is 0 Å². The minimum Gasteiger partial charge on any atom is -0.423 e. The van der Waals surface area contributed by atoms with Crippen LogP contribution in [-0.4, -0.2) is 23.1 Å². The van der Waals surface area contributed by atoms with Gasteiger partial charge >= 0.3 is 7.12 Å². The summed E-state index contributed by atoms with van der Waals surface area (Å²) in [7, 11) is -1.70. The number of hydrogen-bond acceptors (Lipinski definition) is 3. The van der Waals surface area contributed by atoms with Gasteiger partial charge in [-0.25, -0.2) is 4.39 Å². The van der Waals surface area contributed by atoms with Gasteiger partial charge in [0.05, 0.1) is 0 Å². The van der Waals surface area contributed by atoms with E-state index in [9.17, 15) is 9.18 Å². The number of anilines is 1. The highest BCUT2D eigenvalue weighted by atomic mass is 35.5. The molecule has 1 amide bonds. The predicted molar refractivity (Wildman–Crippen MR) is 75.6 cm³/mol. The molecular weight excluding hydrogens is 283 g/mol. The number of carbonyl (C=O) groups is 1. The first-order chi connectivity index (χ1) is 9.47. The van der Waals surface area contributed by atoms with Crippen molar-refractivity contribution in [1.29, 1.82) is 0 Å². The van der Waals surface area contributed by atoms with Gasteiger partial charge in [-0.1, -0.05) is 17.7 Å². The van der Waals surface area contributed by atoms with E-state index in [4.69, 9.17) is 21.6 Å². The van der Waals surface area contributed by atoms with Crippen LogP contribution < -0.4 is 10.8 Å². The molecule has 3 N–H and O–H groups in total. The van der Waals surface area contributed by atoms with Crippen LogP contribution in [0.3, 0.4) is 0 Å². The van der Waals surface area contributed by atoms with Crippen LogP contribution >= 0.6 is 11.6 Å². The summed E-state index contributed by atoms with van der Waals surface area (Å²) in [5.74, 6) is -0.829. The van der Waals surface area contributed by atoms with Crippen LogP contribution in [0.1, 0.15) is 10.4 Å². The molecule has 0 saturated carbocycles. The summed E-state index contributed by atoms with van der Waals surface area (Å²) >= 11 is 5.84. The fraction of sp³-hybridized carbons (Fsp3) is 0. The first kappa shape index (κ1) is 14.5. The number of carbonyl (C=O) groups excluding carboxylic acids is 1. The van der Waals surface area contributed by atoms with Crippen molar-refractivity contribution in [2.75, 3.05) is 5.32 Å². The third kappa shape index (κ3) is 3.36. The van der Waals surface area contributed by atoms with E-state index >= 15 is 0 Å². The van der Waals surface area contributed by atoms with E-state index in [2.05, 4.69) is 5.32 Å². The quantitative estimate of drug-likeness (QED) is 0.750. The van der Waals surface area contributed by atoms with Crippen LogP contribution in [0.15, 0.2) is 42.5 Å². The summed E-state index contributed by atoms with van der Waals surface area (Å²) < 4.78 is 12.7. The zero-order valence-electron chi connectivity index (χ0n) is 10.2. The van der Waals surface area contributed by atoms with Crippen molar-refractivity contribution in [2.24, 2.45) is 0 Å². The van der Waals surface area contributed by atoms with Gasteiger partial charge in [-0.2, -0.15) is 0 Å². The molecule has 4 nitrogen and oxygen atoms in total. The van der Waals surface area contributed by atoms with Gasteiger partial charge in [0.25, 0.3) is 5.91 Å². The summed E-state index contributed by atoms with van der Waals surface area (Å²) in [4.78, 5) is 11.9. The molecule has 0 bridgehead atoms. The summed E-state index contributed by atoms with van der Waals surface area (Å²) in [5, 5.41) is 20.7. The predicted octanol–water partition coefficient (Wildman–Crippen LogP) is 1.41. The van der Waals surface area contributed by atoms with Crippen LogP contribution in [0.2, 0.25) is 5.02 Å². The largest absolute Gasteiger partial charge is 0.489 e. The molecule has 0 radical (unpaired) electrons. The van der Waals surface area contributed by atoms with Gasteiger partial charge in [-0.05, 0) is 36.4 Å². The van der Waals surface area contributed by atoms with Crippen molar-refractivity contribution in [1.82, 2.24) is 0 Å². The van der Waals surface area contributed by atoms with Gasteiger partial charge in [0.15, 0.2) is 0 Å². The molecule has 0 heterocycles. The maximum atomic E-state index is 12.7. The SMILES string of the molecule is O=C(Nc1ccc(F)cc1)c1ccc(B(O)O)c(Cl)c1. The Hall–Kier alpha value is -1.89. The number of rotatable bonds is 3. The molecule has 20 heavy (non-hydrogen) atoms. The minimum atomic E-state index is -1.70. The average Bonchev–Trinajstić information content (AvgIpc) is 2.40. The molecule has 0 aliphatic heterocycles. The summed E-state index contributed by atoms with van der Waals surface area (Å²) in [6.45, 7) is 0. The maximum Gasteiger partial charge on any atom is 0.489 e. The summed E-state index contributed by atoms with van der Waals surface area (Å²) in [6, 6.07) is 9.42. The van der Waals surface area contributed by atoms with Crippen LogP contribution in [-0.2, 0) is 0 Å². The topological polar surface area (TPSA) is 69.6 Å². The molecule has 2 aromatic carbocycles. The molecule has 2 rings (SSSR count). The minimum absolute atomic E-state index is 0.0757. The normalized spacial score (nSPS) is 10.2. The van der Waals surface area contributed by atoms with Crippen LogP contribution in [0, 0.1) is 5.82 Å². The van der Waals surface area contributed by atoms with Crippen LogP contribution in [0.4, 0.5) is 10.1 Å². The lowest BCUT2D eigenvalue weighted by atomic mass is 9.80. The molecule has 0 aromatic heterocycles. The van der Waals surface area contributed by atoms with E-state index in [1.54, 1.807) is 0 Å². The molecule has 0 aliphatic carbocycles. The van der Waals surface area contributed by atoms with Gasteiger partial charge in [0, 0.05) is 21.7 Å². The van der Waals surface area contributed by atoms with Gasteiger partial charge < -0.3 is 15.4 Å². The van der Waals surface area contributed by atoms with Gasteiger partial charge in [0.1, 0.15) is 5.82 Å². The summed E-state index contributed by atoms with van der Waals surface area (Å²) in [6.07, 6.45) is 0. The molecule has 0 spiro atoms. The first-order valence-electron chi connectivity index (χ1n) is 5.70. The second-order valence-corrected chi connectivity index (χ2v) is 4.48. The number of amides is 1. The lowest BCUT2D eigenvalue weighted by molar-refractivity contribution is 0.102. The fourth-order valence-corrected chi connectivity index (χ4v) is 1.89. The Morgan fingerprint density at radius 1 is 1.15 bits per heavy atom. The van der Waals surface area contributed by atoms with Gasteiger partial charge in [0.2, 0.25) is 0 Å². The van der Waals surface area contributed by atoms with E-state index < -0.39 is 18.8 Å². The zero-order chi connectivity index (χ0) is 14.7. The Labute approximate surface area is 120 Å². The lowest BCUT2D eigenvalue weighted by Crippen LogP contribution is -2.31. The average molecular weight is 293 g/mol. The molecule has 0 fully saturated rings. The maximum absolute atomic E-state index is 12.7. The monoisotopic (exact) mass is 293 g/mol. The Morgan fingerprint density at radius 2 is 1.80 bits per heavy atom. The lowest BCUT2D eigenvalue weighted by Gasteiger charge is -2.08. The second kappa shape index (κ2) is 6.05. The number of nitrogens with one attached hydrogen (secondary N) is 1. The molecule has 0 saturated heterocycles. The van der Waals surface area contributed by atoms with Crippen molar-refractivity contribution in [3.05, 3.63) is 58.9 Å².